The van der Waals surface area contributed by atoms with Crippen LogP contribution in [0.25, 0.3) is 5.82 Å². The minimum atomic E-state index is -4.90. The molecule has 4 aromatic rings. The summed E-state index contributed by atoms with van der Waals surface area (Å²) in [6.45, 7) is 1.77. The molecule has 0 fully saturated rings. The second-order valence-electron chi connectivity index (χ2n) is 6.83. The number of ether oxygens (including phenoxy) is 1. The fourth-order valence-electron chi connectivity index (χ4n) is 2.99. The molecule has 1 amide bonds. The van der Waals surface area contributed by atoms with E-state index in [1.54, 1.807) is 60.5 Å². The topological polar surface area (TPSA) is 94.0 Å². The van der Waals surface area contributed by atoms with Crippen LogP contribution in [0.5, 0.6) is 5.75 Å². The number of carbonyl (C=O) groups is 1. The molecule has 0 radical (unpaired) electrons. The minimum absolute atomic E-state index is 0.236. The van der Waals surface area contributed by atoms with Crippen LogP contribution in [0.3, 0.4) is 0 Å². The van der Waals surface area contributed by atoms with Crippen LogP contribution >= 0.6 is 0 Å². The van der Waals surface area contributed by atoms with Crippen molar-refractivity contribution in [3.05, 3.63) is 84.7 Å². The molecule has 0 saturated carbocycles. The van der Waals surface area contributed by atoms with Gasteiger partial charge in [-0.1, -0.05) is 12.1 Å². The number of nitrogens with zero attached hydrogens (tertiary/aromatic N) is 4. The van der Waals surface area contributed by atoms with Gasteiger partial charge in [-0.25, -0.2) is 15.0 Å². The fraction of sp³-hybridized carbons (Fsp3) is 0.0909. The van der Waals surface area contributed by atoms with Crippen LogP contribution in [-0.4, -0.2) is 31.8 Å². The van der Waals surface area contributed by atoms with Crippen molar-refractivity contribution in [3.63, 3.8) is 0 Å². The van der Waals surface area contributed by atoms with Crippen LogP contribution in [0.4, 0.5) is 30.4 Å². The van der Waals surface area contributed by atoms with Gasteiger partial charge in [-0.3, -0.25) is 9.36 Å². The van der Waals surface area contributed by atoms with Gasteiger partial charge in [0.15, 0.2) is 0 Å². The van der Waals surface area contributed by atoms with E-state index in [-0.39, 0.29) is 5.56 Å². The first kappa shape index (κ1) is 21.8. The summed E-state index contributed by atoms with van der Waals surface area (Å²) >= 11 is 0. The molecule has 8 nitrogen and oxygen atoms in total. The summed E-state index contributed by atoms with van der Waals surface area (Å²) in [6.07, 6.45) is 0.133. The predicted molar refractivity (Wildman–Crippen MR) is 115 cm³/mol. The summed E-state index contributed by atoms with van der Waals surface area (Å²) in [5.74, 6) is 0.459. The number of para-hydroxylation sites is 1. The number of rotatable bonds is 6. The summed E-state index contributed by atoms with van der Waals surface area (Å²) < 4.78 is 43.5. The molecule has 0 aliphatic carbocycles. The van der Waals surface area contributed by atoms with Gasteiger partial charge in [-0.15, -0.1) is 13.2 Å². The zero-order chi connectivity index (χ0) is 23.4. The maximum Gasteiger partial charge on any atom is 0.573 e. The van der Waals surface area contributed by atoms with E-state index < -0.39 is 18.0 Å². The Morgan fingerprint density at radius 2 is 1.76 bits per heavy atom. The van der Waals surface area contributed by atoms with Gasteiger partial charge in [0.1, 0.15) is 29.5 Å². The van der Waals surface area contributed by atoms with E-state index in [4.69, 9.17) is 0 Å². The first-order valence-corrected chi connectivity index (χ1v) is 9.64. The fourth-order valence-corrected chi connectivity index (χ4v) is 2.99. The molecule has 0 unspecified atom stereocenters. The maximum absolute atomic E-state index is 12.6. The molecule has 2 aromatic carbocycles. The van der Waals surface area contributed by atoms with Gasteiger partial charge in [0.05, 0.1) is 5.56 Å². The number of halogens is 3. The van der Waals surface area contributed by atoms with E-state index in [1.807, 2.05) is 0 Å². The Morgan fingerprint density at radius 3 is 2.45 bits per heavy atom. The number of hydrogen-bond donors (Lipinski definition) is 2. The number of aryl methyl sites for hydroxylation is 1. The van der Waals surface area contributed by atoms with Crippen molar-refractivity contribution in [1.29, 1.82) is 0 Å². The third kappa shape index (κ3) is 5.64. The minimum Gasteiger partial charge on any atom is -0.405 e. The van der Waals surface area contributed by atoms with Crippen molar-refractivity contribution < 1.29 is 22.7 Å². The van der Waals surface area contributed by atoms with Crippen molar-refractivity contribution in [1.82, 2.24) is 19.5 Å². The Bertz CT molecular complexity index is 1260. The third-order valence-corrected chi connectivity index (χ3v) is 4.37. The number of alkyl halides is 3. The van der Waals surface area contributed by atoms with Crippen molar-refractivity contribution in [2.45, 2.75) is 13.3 Å². The zero-order valence-electron chi connectivity index (χ0n) is 17.2. The van der Waals surface area contributed by atoms with Gasteiger partial charge in [0, 0.05) is 29.8 Å². The molecule has 0 bridgehead atoms. The SMILES string of the molecule is Cc1nc(Nc2ccc(NC(=O)c3ccccc3OC(F)(F)F)cc2)cc(-n2ccnc2)n1. The number of imidazole rings is 1. The standard InChI is InChI=1S/C22H17F3N6O2/c1-14-27-19(12-20(28-14)31-11-10-26-13-31)29-15-6-8-16(9-7-15)30-21(32)17-4-2-3-5-18(17)33-22(23,24)25/h2-13H,1H3,(H,30,32)(H,27,28,29). The number of carbonyl (C=O) groups excluding carboxylic acids is 1. The first-order valence-electron chi connectivity index (χ1n) is 9.64. The van der Waals surface area contributed by atoms with Gasteiger partial charge in [0.2, 0.25) is 0 Å². The number of anilines is 3. The van der Waals surface area contributed by atoms with Crippen molar-refractivity contribution in [2.75, 3.05) is 10.6 Å². The maximum atomic E-state index is 12.6. The third-order valence-electron chi connectivity index (χ3n) is 4.37. The summed E-state index contributed by atoms with van der Waals surface area (Å²) in [7, 11) is 0. The molecule has 168 valence electrons. The highest BCUT2D eigenvalue weighted by atomic mass is 19.4. The van der Waals surface area contributed by atoms with E-state index in [1.165, 1.54) is 18.2 Å². The quantitative estimate of drug-likeness (QED) is 0.432. The molecule has 4 rings (SSSR count). The molecule has 2 heterocycles. The highest BCUT2D eigenvalue weighted by Crippen LogP contribution is 2.27. The molecular formula is C22H17F3N6O2. The van der Waals surface area contributed by atoms with E-state index in [2.05, 4.69) is 30.3 Å². The molecule has 2 N–H and O–H groups in total. The van der Waals surface area contributed by atoms with Crippen molar-refractivity contribution in [2.24, 2.45) is 0 Å². The average Bonchev–Trinajstić information content (AvgIpc) is 3.29. The molecule has 11 heteroatoms. The van der Waals surface area contributed by atoms with Gasteiger partial charge in [-0.2, -0.15) is 0 Å². The van der Waals surface area contributed by atoms with Crippen LogP contribution in [0.1, 0.15) is 16.2 Å². The first-order chi connectivity index (χ1) is 15.8. The molecule has 0 atom stereocenters. The Morgan fingerprint density at radius 1 is 1.03 bits per heavy atom. The van der Waals surface area contributed by atoms with E-state index in [0.29, 0.717) is 28.8 Å². The van der Waals surface area contributed by atoms with Crippen LogP contribution in [0, 0.1) is 6.92 Å². The predicted octanol–water partition coefficient (Wildman–Crippen LogP) is 4.87. The number of amides is 1. The van der Waals surface area contributed by atoms with Gasteiger partial charge < -0.3 is 15.4 Å². The summed E-state index contributed by atoms with van der Waals surface area (Å²) in [5.41, 5.74) is 0.842. The lowest BCUT2D eigenvalue weighted by Gasteiger charge is -2.13. The second-order valence-corrected chi connectivity index (χ2v) is 6.83. The normalized spacial score (nSPS) is 11.2. The number of nitrogens with one attached hydrogen (secondary N) is 2. The van der Waals surface area contributed by atoms with Crippen molar-refractivity contribution >= 4 is 23.1 Å². The smallest absolute Gasteiger partial charge is 0.405 e. The van der Waals surface area contributed by atoms with Gasteiger partial charge in [-0.05, 0) is 43.3 Å². The largest absolute Gasteiger partial charge is 0.573 e. The Kier molecular flexibility index (Phi) is 5.94. The molecule has 33 heavy (non-hydrogen) atoms. The summed E-state index contributed by atoms with van der Waals surface area (Å²) in [4.78, 5) is 25.2. The van der Waals surface area contributed by atoms with E-state index in [0.717, 1.165) is 6.07 Å². The summed E-state index contributed by atoms with van der Waals surface area (Å²) in [6, 6.07) is 13.5. The number of benzene rings is 2. The molecule has 0 spiro atoms. The van der Waals surface area contributed by atoms with Crippen LogP contribution in [-0.2, 0) is 0 Å². The lowest BCUT2D eigenvalue weighted by molar-refractivity contribution is -0.274. The van der Waals surface area contributed by atoms with E-state index >= 15 is 0 Å². The second kappa shape index (κ2) is 8.99. The van der Waals surface area contributed by atoms with E-state index in [9.17, 15) is 18.0 Å². The lowest BCUT2D eigenvalue weighted by Crippen LogP contribution is -2.20. The highest BCUT2D eigenvalue weighted by Gasteiger charge is 2.32. The highest BCUT2D eigenvalue weighted by molar-refractivity contribution is 6.06. The molecule has 0 aliphatic heterocycles. The Balaban J connectivity index is 1.46. The zero-order valence-corrected chi connectivity index (χ0v) is 17.2. The summed E-state index contributed by atoms with van der Waals surface area (Å²) in [5, 5.41) is 5.71. The Labute approximate surface area is 186 Å². The van der Waals surface area contributed by atoms with Crippen LogP contribution < -0.4 is 15.4 Å². The van der Waals surface area contributed by atoms with Gasteiger partial charge in [0.25, 0.3) is 5.91 Å². The van der Waals surface area contributed by atoms with Crippen molar-refractivity contribution in [3.8, 4) is 11.6 Å². The van der Waals surface area contributed by atoms with Gasteiger partial charge >= 0.3 is 6.36 Å². The molecule has 0 aliphatic rings. The Hall–Kier alpha value is -4.41. The van der Waals surface area contributed by atoms with Crippen LogP contribution in [0.15, 0.2) is 73.3 Å². The number of aromatic nitrogens is 4. The van der Waals surface area contributed by atoms with Crippen LogP contribution in [0.2, 0.25) is 0 Å². The lowest BCUT2D eigenvalue weighted by atomic mass is 10.2. The molecule has 2 aromatic heterocycles. The molecular weight excluding hydrogens is 437 g/mol. The molecule has 0 saturated heterocycles. The number of hydrogen-bond acceptors (Lipinski definition) is 6. The monoisotopic (exact) mass is 454 g/mol. The average molecular weight is 454 g/mol.